The lowest BCUT2D eigenvalue weighted by molar-refractivity contribution is 0.102. The van der Waals surface area contributed by atoms with Crippen LogP contribution in [0.15, 0.2) is 42.6 Å². The molecule has 5 nitrogen and oxygen atoms in total. The Kier molecular flexibility index (Phi) is 6.61. The minimum absolute atomic E-state index is 0.126. The number of hydrogen-bond donors (Lipinski definition) is 2. The molecule has 0 radical (unpaired) electrons. The zero-order valence-corrected chi connectivity index (χ0v) is 14.5. The monoisotopic (exact) mass is 327 g/mol. The molecule has 0 bridgehead atoms. The van der Waals surface area contributed by atoms with Crippen LogP contribution >= 0.6 is 0 Å². The van der Waals surface area contributed by atoms with Gasteiger partial charge in [0.25, 0.3) is 5.91 Å². The summed E-state index contributed by atoms with van der Waals surface area (Å²) in [6.45, 7) is 6.98. The van der Waals surface area contributed by atoms with Crippen molar-refractivity contribution in [3.63, 3.8) is 0 Å². The minimum atomic E-state index is -0.180. The Labute approximate surface area is 143 Å². The number of pyridine rings is 1. The zero-order chi connectivity index (χ0) is 17.4. The van der Waals surface area contributed by atoms with Crippen LogP contribution in [0.4, 0.5) is 11.5 Å². The number of unbranched alkanes of at least 4 members (excludes halogenated alkanes) is 1. The molecule has 1 heterocycles. The Bertz CT molecular complexity index is 637. The van der Waals surface area contributed by atoms with Crippen molar-refractivity contribution in [2.45, 2.75) is 39.7 Å². The van der Waals surface area contributed by atoms with E-state index < -0.39 is 0 Å². The quantitative estimate of drug-likeness (QED) is 0.708. The van der Waals surface area contributed by atoms with Gasteiger partial charge in [-0.25, -0.2) is 4.98 Å². The molecule has 2 N–H and O–H groups in total. The Morgan fingerprint density at radius 1 is 1.17 bits per heavy atom. The molecule has 2 rings (SSSR count). The van der Waals surface area contributed by atoms with E-state index in [-0.39, 0.29) is 12.0 Å². The summed E-state index contributed by atoms with van der Waals surface area (Å²) in [7, 11) is 0. The molecule has 2 aromatic rings. The molecule has 0 atom stereocenters. The van der Waals surface area contributed by atoms with Crippen LogP contribution in [0.25, 0.3) is 0 Å². The van der Waals surface area contributed by atoms with Crippen molar-refractivity contribution in [1.29, 1.82) is 0 Å². The maximum absolute atomic E-state index is 12.2. The SMILES string of the molecule is CCCCNc1ccc(C(=O)Nc2ccc(OC(C)C)cc2)cn1. The summed E-state index contributed by atoms with van der Waals surface area (Å²) in [6.07, 6.45) is 3.94. The number of carbonyl (C=O) groups is 1. The number of rotatable bonds is 8. The third kappa shape index (κ3) is 5.57. The third-order valence-electron chi connectivity index (χ3n) is 3.35. The molecule has 0 aliphatic carbocycles. The zero-order valence-electron chi connectivity index (χ0n) is 14.5. The minimum Gasteiger partial charge on any atom is -0.491 e. The van der Waals surface area contributed by atoms with E-state index in [9.17, 15) is 4.79 Å². The number of carbonyl (C=O) groups excluding carboxylic acids is 1. The van der Waals surface area contributed by atoms with Crippen LogP contribution in [-0.4, -0.2) is 23.5 Å². The third-order valence-corrected chi connectivity index (χ3v) is 3.35. The van der Waals surface area contributed by atoms with Crippen LogP contribution < -0.4 is 15.4 Å². The van der Waals surface area contributed by atoms with Crippen molar-refractivity contribution in [2.24, 2.45) is 0 Å². The van der Waals surface area contributed by atoms with E-state index in [2.05, 4.69) is 22.5 Å². The highest BCUT2D eigenvalue weighted by Gasteiger charge is 2.07. The van der Waals surface area contributed by atoms with Crippen molar-refractivity contribution in [3.8, 4) is 5.75 Å². The van der Waals surface area contributed by atoms with E-state index in [0.717, 1.165) is 36.6 Å². The van der Waals surface area contributed by atoms with Gasteiger partial charge in [-0.15, -0.1) is 0 Å². The van der Waals surface area contributed by atoms with Gasteiger partial charge in [0.2, 0.25) is 0 Å². The summed E-state index contributed by atoms with van der Waals surface area (Å²) in [6, 6.07) is 10.9. The number of anilines is 2. The van der Waals surface area contributed by atoms with Gasteiger partial charge in [0, 0.05) is 18.4 Å². The highest BCUT2D eigenvalue weighted by atomic mass is 16.5. The lowest BCUT2D eigenvalue weighted by Crippen LogP contribution is -2.13. The molecule has 0 unspecified atom stereocenters. The maximum atomic E-state index is 12.2. The molecule has 0 spiro atoms. The fraction of sp³-hybridized carbons (Fsp3) is 0.368. The Morgan fingerprint density at radius 2 is 1.92 bits per heavy atom. The summed E-state index contributed by atoms with van der Waals surface area (Å²) >= 11 is 0. The van der Waals surface area contributed by atoms with Crippen LogP contribution in [0.5, 0.6) is 5.75 Å². The van der Waals surface area contributed by atoms with E-state index in [1.165, 1.54) is 0 Å². The first-order chi connectivity index (χ1) is 11.6. The van der Waals surface area contributed by atoms with Gasteiger partial charge in [0.1, 0.15) is 11.6 Å². The molecule has 128 valence electrons. The van der Waals surface area contributed by atoms with E-state index in [1.54, 1.807) is 12.3 Å². The Morgan fingerprint density at radius 3 is 2.50 bits per heavy atom. The first kappa shape index (κ1) is 17.8. The number of benzene rings is 1. The molecule has 5 heteroatoms. The smallest absolute Gasteiger partial charge is 0.257 e. The maximum Gasteiger partial charge on any atom is 0.257 e. The van der Waals surface area contributed by atoms with E-state index in [4.69, 9.17) is 4.74 Å². The van der Waals surface area contributed by atoms with Gasteiger partial charge >= 0.3 is 0 Å². The number of nitrogens with zero attached hydrogens (tertiary/aromatic N) is 1. The van der Waals surface area contributed by atoms with Crippen LogP contribution in [-0.2, 0) is 0 Å². The summed E-state index contributed by atoms with van der Waals surface area (Å²) in [5.74, 6) is 1.39. The molecule has 24 heavy (non-hydrogen) atoms. The highest BCUT2D eigenvalue weighted by molar-refractivity contribution is 6.04. The number of ether oxygens (including phenoxy) is 1. The van der Waals surface area contributed by atoms with Crippen molar-refractivity contribution >= 4 is 17.4 Å². The van der Waals surface area contributed by atoms with E-state index in [1.807, 2.05) is 44.2 Å². The largest absolute Gasteiger partial charge is 0.491 e. The second-order valence-electron chi connectivity index (χ2n) is 5.86. The average molecular weight is 327 g/mol. The van der Waals surface area contributed by atoms with Gasteiger partial charge < -0.3 is 15.4 Å². The molecule has 0 aliphatic heterocycles. The standard InChI is InChI=1S/C19H25N3O2/c1-4-5-12-20-18-11-6-15(13-21-18)19(23)22-16-7-9-17(10-8-16)24-14(2)3/h6-11,13-14H,4-5,12H2,1-3H3,(H,20,21)(H,22,23). The second kappa shape index (κ2) is 8.91. The van der Waals surface area contributed by atoms with Gasteiger partial charge in [0.05, 0.1) is 11.7 Å². The molecule has 1 amide bonds. The van der Waals surface area contributed by atoms with Crippen molar-refractivity contribution in [1.82, 2.24) is 4.98 Å². The Balaban J connectivity index is 1.91. The van der Waals surface area contributed by atoms with Crippen LogP contribution in [0.3, 0.4) is 0 Å². The van der Waals surface area contributed by atoms with Crippen LogP contribution in [0.2, 0.25) is 0 Å². The van der Waals surface area contributed by atoms with Gasteiger partial charge in [-0.05, 0) is 56.7 Å². The molecule has 0 saturated carbocycles. The highest BCUT2D eigenvalue weighted by Crippen LogP contribution is 2.17. The Hall–Kier alpha value is -2.56. The van der Waals surface area contributed by atoms with Gasteiger partial charge in [-0.1, -0.05) is 13.3 Å². The van der Waals surface area contributed by atoms with Gasteiger partial charge in [-0.3, -0.25) is 4.79 Å². The number of nitrogens with one attached hydrogen (secondary N) is 2. The molecule has 1 aromatic heterocycles. The number of hydrogen-bond acceptors (Lipinski definition) is 4. The number of aromatic nitrogens is 1. The molecule has 0 aliphatic rings. The van der Waals surface area contributed by atoms with E-state index in [0.29, 0.717) is 5.56 Å². The van der Waals surface area contributed by atoms with Crippen molar-refractivity contribution < 1.29 is 9.53 Å². The molecular weight excluding hydrogens is 302 g/mol. The fourth-order valence-electron chi connectivity index (χ4n) is 2.12. The molecule has 0 fully saturated rings. The second-order valence-corrected chi connectivity index (χ2v) is 5.86. The average Bonchev–Trinajstić information content (AvgIpc) is 2.57. The summed E-state index contributed by atoms with van der Waals surface area (Å²) in [5.41, 5.74) is 1.25. The summed E-state index contributed by atoms with van der Waals surface area (Å²) in [5, 5.41) is 6.08. The van der Waals surface area contributed by atoms with Crippen LogP contribution in [0, 0.1) is 0 Å². The predicted molar refractivity (Wildman–Crippen MR) is 97.8 cm³/mol. The molecular formula is C19H25N3O2. The predicted octanol–water partition coefficient (Wildman–Crippen LogP) is 4.33. The van der Waals surface area contributed by atoms with E-state index >= 15 is 0 Å². The van der Waals surface area contributed by atoms with Crippen LogP contribution in [0.1, 0.15) is 44.0 Å². The van der Waals surface area contributed by atoms with Gasteiger partial charge in [-0.2, -0.15) is 0 Å². The lowest BCUT2D eigenvalue weighted by atomic mass is 10.2. The van der Waals surface area contributed by atoms with Crippen molar-refractivity contribution in [3.05, 3.63) is 48.2 Å². The summed E-state index contributed by atoms with van der Waals surface area (Å²) < 4.78 is 5.58. The normalized spacial score (nSPS) is 10.5. The topological polar surface area (TPSA) is 63.2 Å². The lowest BCUT2D eigenvalue weighted by Gasteiger charge is -2.11. The first-order valence-electron chi connectivity index (χ1n) is 8.36. The number of amides is 1. The van der Waals surface area contributed by atoms with Crippen molar-refractivity contribution in [2.75, 3.05) is 17.2 Å². The molecule has 0 saturated heterocycles. The fourth-order valence-corrected chi connectivity index (χ4v) is 2.12. The summed E-state index contributed by atoms with van der Waals surface area (Å²) in [4.78, 5) is 16.5. The molecule has 1 aromatic carbocycles. The van der Waals surface area contributed by atoms with Gasteiger partial charge in [0.15, 0.2) is 0 Å². The first-order valence-corrected chi connectivity index (χ1v) is 8.36.